The lowest BCUT2D eigenvalue weighted by Gasteiger charge is -2.37. The molecule has 2 atom stereocenters. The molecule has 1 amide bonds. The third-order valence-corrected chi connectivity index (χ3v) is 4.07. The Kier molecular flexibility index (Phi) is 5.14. The Labute approximate surface area is 125 Å². The van der Waals surface area contributed by atoms with Crippen molar-refractivity contribution in [2.75, 3.05) is 20.2 Å². The Bertz CT molecular complexity index is 512. The van der Waals surface area contributed by atoms with Gasteiger partial charge in [0.05, 0.1) is 7.11 Å². The Hall–Kier alpha value is -2.10. The van der Waals surface area contributed by atoms with Crippen LogP contribution in [0.2, 0.25) is 0 Å². The van der Waals surface area contributed by atoms with Crippen molar-refractivity contribution < 1.29 is 14.3 Å². The van der Waals surface area contributed by atoms with Crippen LogP contribution in [0.1, 0.15) is 23.2 Å². The molecule has 0 N–H and O–H groups in total. The van der Waals surface area contributed by atoms with Gasteiger partial charge < -0.3 is 9.64 Å². The molecule has 4 heteroatoms. The molecule has 2 rings (SSSR count). The van der Waals surface area contributed by atoms with Gasteiger partial charge in [0.2, 0.25) is 0 Å². The highest BCUT2D eigenvalue weighted by molar-refractivity contribution is 5.94. The van der Waals surface area contributed by atoms with Crippen molar-refractivity contribution in [1.82, 2.24) is 4.90 Å². The van der Waals surface area contributed by atoms with Crippen molar-refractivity contribution in [3.63, 3.8) is 0 Å². The summed E-state index contributed by atoms with van der Waals surface area (Å²) in [6.07, 6.45) is 3.03. The maximum Gasteiger partial charge on any atom is 0.305 e. The van der Waals surface area contributed by atoms with Crippen molar-refractivity contribution in [3.05, 3.63) is 48.6 Å². The fourth-order valence-corrected chi connectivity index (χ4v) is 2.80. The molecule has 1 aliphatic heterocycles. The number of carbonyl (C=O) groups excluding carboxylic acids is 2. The van der Waals surface area contributed by atoms with Gasteiger partial charge in [-0.15, -0.1) is 6.58 Å². The van der Waals surface area contributed by atoms with Crippen LogP contribution in [-0.4, -0.2) is 37.0 Å². The van der Waals surface area contributed by atoms with Crippen LogP contribution in [0.3, 0.4) is 0 Å². The van der Waals surface area contributed by atoms with Crippen LogP contribution >= 0.6 is 0 Å². The number of rotatable bonds is 4. The van der Waals surface area contributed by atoms with Crippen LogP contribution in [0.15, 0.2) is 43.0 Å². The number of ether oxygens (including phenoxy) is 1. The van der Waals surface area contributed by atoms with E-state index in [4.69, 9.17) is 4.74 Å². The highest BCUT2D eigenvalue weighted by Crippen LogP contribution is 2.28. The molecule has 1 aromatic rings. The third kappa shape index (κ3) is 3.72. The van der Waals surface area contributed by atoms with Gasteiger partial charge in [-0.3, -0.25) is 9.59 Å². The van der Waals surface area contributed by atoms with Gasteiger partial charge in [0.15, 0.2) is 0 Å². The number of hydrogen-bond donors (Lipinski definition) is 0. The molecule has 0 radical (unpaired) electrons. The fourth-order valence-electron chi connectivity index (χ4n) is 2.80. The zero-order chi connectivity index (χ0) is 15.2. The first-order valence-corrected chi connectivity index (χ1v) is 7.19. The van der Waals surface area contributed by atoms with E-state index in [1.165, 1.54) is 7.11 Å². The molecule has 112 valence electrons. The number of methoxy groups -OCH3 is 1. The standard InChI is InChI=1S/C17H21NO3/c1-3-13-12-18(10-9-15(13)11-16(19)21-2)17(20)14-7-5-4-6-8-14/h3-8,13,15H,1,9-12H2,2H3/t13-,15+/m0/s1. The number of amides is 1. The first-order chi connectivity index (χ1) is 10.2. The molecule has 0 unspecified atom stereocenters. The van der Waals surface area contributed by atoms with E-state index in [0.29, 0.717) is 25.1 Å². The van der Waals surface area contributed by atoms with Crippen molar-refractivity contribution in [2.45, 2.75) is 12.8 Å². The van der Waals surface area contributed by atoms with Gasteiger partial charge in [-0.05, 0) is 30.4 Å². The predicted octanol–water partition coefficient (Wildman–Crippen LogP) is 2.51. The SMILES string of the molecule is C=C[C@H]1CN(C(=O)c2ccccc2)CC[C@@H]1CC(=O)OC. The number of piperidine rings is 1. The van der Waals surface area contributed by atoms with Crippen molar-refractivity contribution >= 4 is 11.9 Å². The van der Waals surface area contributed by atoms with Gasteiger partial charge in [-0.2, -0.15) is 0 Å². The first kappa shape index (κ1) is 15.3. The van der Waals surface area contributed by atoms with Crippen LogP contribution in [-0.2, 0) is 9.53 Å². The Morgan fingerprint density at radius 3 is 2.71 bits per heavy atom. The Morgan fingerprint density at radius 1 is 1.38 bits per heavy atom. The lowest BCUT2D eigenvalue weighted by molar-refractivity contribution is -0.142. The van der Waals surface area contributed by atoms with E-state index >= 15 is 0 Å². The smallest absolute Gasteiger partial charge is 0.305 e. The van der Waals surface area contributed by atoms with Gasteiger partial charge >= 0.3 is 5.97 Å². The molecule has 0 bridgehead atoms. The average molecular weight is 287 g/mol. The van der Waals surface area contributed by atoms with Crippen molar-refractivity contribution in [1.29, 1.82) is 0 Å². The number of hydrogen-bond acceptors (Lipinski definition) is 3. The Morgan fingerprint density at radius 2 is 2.10 bits per heavy atom. The quantitative estimate of drug-likeness (QED) is 0.631. The summed E-state index contributed by atoms with van der Waals surface area (Å²) in [6.45, 7) is 5.12. The summed E-state index contributed by atoms with van der Waals surface area (Å²) < 4.78 is 4.74. The van der Waals surface area contributed by atoms with Gasteiger partial charge in [-0.1, -0.05) is 24.3 Å². The molecule has 0 aromatic heterocycles. The van der Waals surface area contributed by atoms with Crippen LogP contribution < -0.4 is 0 Å². The van der Waals surface area contributed by atoms with E-state index in [1.807, 2.05) is 41.3 Å². The molecule has 0 spiro atoms. The molecule has 1 aromatic carbocycles. The largest absolute Gasteiger partial charge is 0.469 e. The Balaban J connectivity index is 2.02. The summed E-state index contributed by atoms with van der Waals surface area (Å²) in [5.41, 5.74) is 0.701. The normalized spacial score (nSPS) is 21.7. The van der Waals surface area contributed by atoms with Gasteiger partial charge in [-0.25, -0.2) is 0 Å². The van der Waals surface area contributed by atoms with Crippen molar-refractivity contribution in [2.24, 2.45) is 11.8 Å². The second-order valence-corrected chi connectivity index (χ2v) is 5.35. The van der Waals surface area contributed by atoms with Gasteiger partial charge in [0, 0.05) is 25.1 Å². The number of esters is 1. The predicted molar refractivity (Wildman–Crippen MR) is 80.8 cm³/mol. The maximum absolute atomic E-state index is 12.4. The van der Waals surface area contributed by atoms with E-state index in [2.05, 4.69) is 6.58 Å². The second kappa shape index (κ2) is 7.07. The molecule has 21 heavy (non-hydrogen) atoms. The fraction of sp³-hybridized carbons (Fsp3) is 0.412. The molecule has 1 saturated heterocycles. The summed E-state index contributed by atoms with van der Waals surface area (Å²) in [6, 6.07) is 9.27. The molecule has 1 heterocycles. The third-order valence-electron chi connectivity index (χ3n) is 4.07. The minimum absolute atomic E-state index is 0.0407. The van der Waals surface area contributed by atoms with Crippen LogP contribution in [0.4, 0.5) is 0 Å². The molecular formula is C17H21NO3. The molecule has 1 aliphatic rings. The zero-order valence-electron chi connectivity index (χ0n) is 12.3. The van der Waals surface area contributed by atoms with E-state index in [1.54, 1.807) is 0 Å². The average Bonchev–Trinajstić information content (AvgIpc) is 2.55. The van der Waals surface area contributed by atoms with Crippen LogP contribution in [0.5, 0.6) is 0 Å². The van der Waals surface area contributed by atoms with E-state index < -0.39 is 0 Å². The van der Waals surface area contributed by atoms with Gasteiger partial charge in [0.1, 0.15) is 0 Å². The molecule has 4 nitrogen and oxygen atoms in total. The first-order valence-electron chi connectivity index (χ1n) is 7.19. The minimum Gasteiger partial charge on any atom is -0.469 e. The second-order valence-electron chi connectivity index (χ2n) is 5.35. The summed E-state index contributed by atoms with van der Waals surface area (Å²) >= 11 is 0. The number of likely N-dealkylation sites (tertiary alicyclic amines) is 1. The summed E-state index contributed by atoms with van der Waals surface area (Å²) in [4.78, 5) is 25.7. The van der Waals surface area contributed by atoms with Crippen LogP contribution in [0, 0.1) is 11.8 Å². The molecule has 1 fully saturated rings. The van der Waals surface area contributed by atoms with E-state index in [9.17, 15) is 9.59 Å². The summed E-state index contributed by atoms with van der Waals surface area (Å²) in [5, 5.41) is 0. The minimum atomic E-state index is -0.199. The highest BCUT2D eigenvalue weighted by atomic mass is 16.5. The number of nitrogens with zero attached hydrogens (tertiary/aromatic N) is 1. The van der Waals surface area contributed by atoms with E-state index in [0.717, 1.165) is 6.42 Å². The van der Waals surface area contributed by atoms with Gasteiger partial charge in [0.25, 0.3) is 5.91 Å². The monoisotopic (exact) mass is 287 g/mol. The lowest BCUT2D eigenvalue weighted by atomic mass is 9.83. The summed E-state index contributed by atoms with van der Waals surface area (Å²) in [5.74, 6) is 0.175. The molecular weight excluding hydrogens is 266 g/mol. The van der Waals surface area contributed by atoms with Crippen molar-refractivity contribution in [3.8, 4) is 0 Å². The lowest BCUT2D eigenvalue weighted by Crippen LogP contribution is -2.43. The zero-order valence-corrected chi connectivity index (χ0v) is 12.3. The maximum atomic E-state index is 12.4. The molecule has 0 aliphatic carbocycles. The highest BCUT2D eigenvalue weighted by Gasteiger charge is 2.31. The topological polar surface area (TPSA) is 46.6 Å². The number of carbonyl (C=O) groups is 2. The van der Waals surface area contributed by atoms with E-state index in [-0.39, 0.29) is 23.7 Å². The number of benzene rings is 1. The molecule has 0 saturated carbocycles. The summed E-state index contributed by atoms with van der Waals surface area (Å²) in [7, 11) is 1.40. The van der Waals surface area contributed by atoms with Crippen LogP contribution in [0.25, 0.3) is 0 Å².